The molecule has 1 fully saturated rings. The summed E-state index contributed by atoms with van der Waals surface area (Å²) in [6.45, 7) is 5.84. The summed E-state index contributed by atoms with van der Waals surface area (Å²) in [5, 5.41) is 2.62. The van der Waals surface area contributed by atoms with Crippen LogP contribution >= 0.6 is 0 Å². The number of amides is 1. The molecule has 0 bridgehead atoms. The van der Waals surface area contributed by atoms with E-state index >= 15 is 0 Å². The zero-order valence-corrected chi connectivity index (χ0v) is 18.1. The van der Waals surface area contributed by atoms with Gasteiger partial charge >= 0.3 is 0 Å². The van der Waals surface area contributed by atoms with Crippen molar-refractivity contribution in [1.82, 2.24) is 25.2 Å². The van der Waals surface area contributed by atoms with Crippen LogP contribution in [-0.2, 0) is 6.54 Å². The number of H-pyrrole nitrogens is 1. The molecule has 1 saturated heterocycles. The second-order valence-corrected chi connectivity index (χ2v) is 7.87. The predicted octanol–water partition coefficient (Wildman–Crippen LogP) is 1.89. The van der Waals surface area contributed by atoms with E-state index in [9.17, 15) is 18.4 Å². The van der Waals surface area contributed by atoms with Gasteiger partial charge in [0.25, 0.3) is 11.5 Å². The summed E-state index contributed by atoms with van der Waals surface area (Å²) < 4.78 is 29.2. The van der Waals surface area contributed by atoms with Gasteiger partial charge in [0, 0.05) is 51.0 Å². The second kappa shape index (κ2) is 8.62. The molecule has 3 aromatic rings. The minimum atomic E-state index is -1.06. The number of nitrogens with one attached hydrogen (secondary N) is 2. The third kappa shape index (κ3) is 4.05. The molecule has 2 N–H and O–H groups in total. The van der Waals surface area contributed by atoms with Crippen LogP contribution in [0.2, 0.25) is 0 Å². The number of carbonyl (C=O) groups is 1. The van der Waals surface area contributed by atoms with Crippen LogP contribution in [0, 0.1) is 25.5 Å². The fourth-order valence-electron chi connectivity index (χ4n) is 3.90. The molecule has 0 radical (unpaired) electrons. The van der Waals surface area contributed by atoms with Crippen molar-refractivity contribution in [3.8, 4) is 0 Å². The van der Waals surface area contributed by atoms with Crippen LogP contribution in [0.15, 0.2) is 23.0 Å². The Morgan fingerprint density at radius 2 is 1.84 bits per heavy atom. The molecule has 10 heteroatoms. The molecule has 32 heavy (non-hydrogen) atoms. The summed E-state index contributed by atoms with van der Waals surface area (Å²) >= 11 is 0. The molecule has 1 aromatic carbocycles. The van der Waals surface area contributed by atoms with Crippen molar-refractivity contribution in [2.75, 3.05) is 38.1 Å². The van der Waals surface area contributed by atoms with Gasteiger partial charge in [0.15, 0.2) is 17.3 Å². The van der Waals surface area contributed by atoms with E-state index in [0.717, 1.165) is 11.4 Å². The number of pyridine rings is 1. The first kappa shape index (κ1) is 21.8. The Bertz CT molecular complexity index is 1250. The highest BCUT2D eigenvalue weighted by molar-refractivity contribution is 5.97. The molecule has 0 unspecified atom stereocenters. The number of fused-ring (bicyclic) bond motifs is 1. The van der Waals surface area contributed by atoms with Crippen molar-refractivity contribution in [2.45, 2.75) is 20.4 Å². The Morgan fingerprint density at radius 3 is 2.53 bits per heavy atom. The minimum absolute atomic E-state index is 0.0846. The predicted molar refractivity (Wildman–Crippen MR) is 117 cm³/mol. The quantitative estimate of drug-likeness (QED) is 0.641. The normalized spacial score (nSPS) is 14.7. The Morgan fingerprint density at radius 1 is 1.12 bits per heavy atom. The van der Waals surface area contributed by atoms with Crippen LogP contribution in [0.5, 0.6) is 0 Å². The maximum Gasteiger partial charge on any atom is 0.271 e. The van der Waals surface area contributed by atoms with Crippen LogP contribution in [0.25, 0.3) is 11.0 Å². The molecule has 168 valence electrons. The number of piperazine rings is 1. The van der Waals surface area contributed by atoms with Crippen molar-refractivity contribution in [1.29, 1.82) is 0 Å². The number of benzene rings is 1. The highest BCUT2D eigenvalue weighted by Crippen LogP contribution is 2.24. The fraction of sp³-hybridized carbons (Fsp3) is 0.364. The van der Waals surface area contributed by atoms with E-state index in [1.54, 1.807) is 7.05 Å². The lowest BCUT2D eigenvalue weighted by Gasteiger charge is -2.36. The zero-order chi connectivity index (χ0) is 23.0. The Hall–Kier alpha value is -3.40. The number of anilines is 1. The average molecular weight is 442 g/mol. The third-order valence-electron chi connectivity index (χ3n) is 5.67. The van der Waals surface area contributed by atoms with E-state index in [2.05, 4.69) is 25.2 Å². The van der Waals surface area contributed by atoms with Gasteiger partial charge in [-0.15, -0.1) is 0 Å². The lowest BCUT2D eigenvalue weighted by atomic mass is 10.1. The maximum absolute atomic E-state index is 14.7. The monoisotopic (exact) mass is 442 g/mol. The van der Waals surface area contributed by atoms with Crippen LogP contribution in [-0.4, -0.2) is 59.0 Å². The average Bonchev–Trinajstić information content (AvgIpc) is 2.79. The maximum atomic E-state index is 14.7. The molecule has 1 amide bonds. The molecule has 3 heterocycles. The van der Waals surface area contributed by atoms with Gasteiger partial charge in [0.1, 0.15) is 11.2 Å². The first-order valence-electron chi connectivity index (χ1n) is 10.3. The number of aromatic nitrogens is 3. The van der Waals surface area contributed by atoms with Crippen molar-refractivity contribution in [2.24, 2.45) is 0 Å². The molecule has 1 aliphatic heterocycles. The van der Waals surface area contributed by atoms with Gasteiger partial charge in [-0.25, -0.2) is 18.7 Å². The van der Waals surface area contributed by atoms with Gasteiger partial charge in [0.05, 0.1) is 11.2 Å². The van der Waals surface area contributed by atoms with Crippen LogP contribution in [0.3, 0.4) is 0 Å². The number of nitrogens with zero attached hydrogens (tertiary/aromatic N) is 4. The number of hydrogen-bond donors (Lipinski definition) is 2. The molecule has 8 nitrogen and oxygen atoms in total. The number of rotatable bonds is 4. The summed E-state index contributed by atoms with van der Waals surface area (Å²) in [5.41, 5.74) is 1.68. The number of halogens is 2. The summed E-state index contributed by atoms with van der Waals surface area (Å²) in [5.74, 6) is -2.27. The number of aryl methyl sites for hydroxylation is 2. The Labute approximate surface area is 183 Å². The molecular weight excluding hydrogens is 418 g/mol. The zero-order valence-electron chi connectivity index (χ0n) is 18.1. The molecule has 4 rings (SSSR count). The van der Waals surface area contributed by atoms with Gasteiger partial charge in [-0.3, -0.25) is 14.5 Å². The van der Waals surface area contributed by atoms with E-state index in [1.165, 1.54) is 13.0 Å². The number of aromatic amines is 1. The summed E-state index contributed by atoms with van der Waals surface area (Å²) in [7, 11) is 1.56. The lowest BCUT2D eigenvalue weighted by Crippen LogP contribution is -2.46. The SMILES string of the molecule is CNC(=O)c1nc(C)ccc1N1CCN(Cc2cc3[nH]c(=O)c(C)nc3c(F)c2F)CC1. The van der Waals surface area contributed by atoms with Crippen molar-refractivity contribution in [3.63, 3.8) is 0 Å². The van der Waals surface area contributed by atoms with Crippen molar-refractivity contribution >= 4 is 22.6 Å². The summed E-state index contributed by atoms with van der Waals surface area (Å²) in [6, 6.07) is 5.19. The molecule has 0 saturated carbocycles. The Balaban J connectivity index is 1.52. The topological polar surface area (TPSA) is 94.2 Å². The molecule has 1 aliphatic rings. The smallest absolute Gasteiger partial charge is 0.271 e. The van der Waals surface area contributed by atoms with Crippen LogP contribution in [0.1, 0.15) is 27.4 Å². The van der Waals surface area contributed by atoms with Crippen molar-refractivity contribution in [3.05, 3.63) is 62.8 Å². The van der Waals surface area contributed by atoms with E-state index in [-0.39, 0.29) is 34.7 Å². The number of carbonyl (C=O) groups excluding carboxylic acids is 1. The van der Waals surface area contributed by atoms with Gasteiger partial charge in [0.2, 0.25) is 0 Å². The molecule has 0 aliphatic carbocycles. The van der Waals surface area contributed by atoms with Crippen LogP contribution < -0.4 is 15.8 Å². The van der Waals surface area contributed by atoms with E-state index < -0.39 is 17.2 Å². The Kier molecular flexibility index (Phi) is 5.88. The standard InChI is InChI=1S/C22H24F2N6O2/c1-12-4-5-16(20(26-12)22(32)25-3)30-8-6-29(7-9-30)11-14-10-15-19(18(24)17(14)23)27-13(2)21(31)28-15/h4-5,10H,6-9,11H2,1-3H3,(H,25,32)(H,28,31). The highest BCUT2D eigenvalue weighted by Gasteiger charge is 2.24. The lowest BCUT2D eigenvalue weighted by molar-refractivity contribution is 0.0958. The molecule has 2 aromatic heterocycles. The summed E-state index contributed by atoms with van der Waals surface area (Å²) in [4.78, 5) is 39.0. The van der Waals surface area contributed by atoms with Gasteiger partial charge in [-0.1, -0.05) is 0 Å². The van der Waals surface area contributed by atoms with Gasteiger partial charge in [-0.05, 0) is 32.0 Å². The van der Waals surface area contributed by atoms with Gasteiger partial charge < -0.3 is 15.2 Å². The van der Waals surface area contributed by atoms with Crippen molar-refractivity contribution < 1.29 is 13.6 Å². The van der Waals surface area contributed by atoms with E-state index in [0.29, 0.717) is 31.9 Å². The van der Waals surface area contributed by atoms with Gasteiger partial charge in [-0.2, -0.15) is 0 Å². The van der Waals surface area contributed by atoms with Crippen LogP contribution in [0.4, 0.5) is 14.5 Å². The largest absolute Gasteiger partial charge is 0.367 e. The summed E-state index contributed by atoms with van der Waals surface area (Å²) in [6.07, 6.45) is 0. The second-order valence-electron chi connectivity index (χ2n) is 7.87. The first-order valence-corrected chi connectivity index (χ1v) is 10.3. The first-order chi connectivity index (χ1) is 15.3. The van der Waals surface area contributed by atoms with E-state index in [4.69, 9.17) is 0 Å². The highest BCUT2D eigenvalue weighted by atomic mass is 19.2. The minimum Gasteiger partial charge on any atom is -0.367 e. The number of hydrogen-bond acceptors (Lipinski definition) is 6. The molecule has 0 spiro atoms. The van der Waals surface area contributed by atoms with E-state index in [1.807, 2.05) is 24.0 Å². The molecular formula is C22H24F2N6O2. The third-order valence-corrected chi connectivity index (χ3v) is 5.67. The molecule has 0 atom stereocenters. The fourth-order valence-corrected chi connectivity index (χ4v) is 3.90.